The minimum atomic E-state index is -0.105. The number of halogens is 1. The Labute approximate surface area is 257 Å². The van der Waals surface area contributed by atoms with Crippen LogP contribution in [0, 0.1) is 12.3 Å². The molecule has 0 spiro atoms. The number of piperazine rings is 1. The predicted molar refractivity (Wildman–Crippen MR) is 174 cm³/mol. The normalized spacial score (nSPS) is 17.0. The number of amides is 2. The highest BCUT2D eigenvalue weighted by molar-refractivity contribution is 6.34. The SMILES string of the molecule is C=CC(=O)N1CCN(/C(=N/C)c2cc(Cl)c(-c3c(C)ccc(N)c3C=N)cc2N(C=O)c2ccncc2C2CC2)C(C)C1. The molecule has 43 heavy (non-hydrogen) atoms. The van der Waals surface area contributed by atoms with Gasteiger partial charge in [-0.2, -0.15) is 0 Å². The Bertz CT molecular complexity index is 1630. The number of aliphatic imine (C=N–C) groups is 1. The maximum atomic E-state index is 13.0. The summed E-state index contributed by atoms with van der Waals surface area (Å²) in [5, 5.41) is 8.55. The summed E-state index contributed by atoms with van der Waals surface area (Å²) in [4.78, 5) is 40.0. The number of carbonyl (C=O) groups is 2. The summed E-state index contributed by atoms with van der Waals surface area (Å²) in [5.74, 6) is 0.899. The van der Waals surface area contributed by atoms with Gasteiger partial charge in [-0.3, -0.25) is 24.5 Å². The fourth-order valence-corrected chi connectivity index (χ4v) is 6.22. The van der Waals surface area contributed by atoms with Crippen molar-refractivity contribution in [1.29, 1.82) is 5.41 Å². The van der Waals surface area contributed by atoms with Gasteiger partial charge in [-0.05, 0) is 79.6 Å². The first kappa shape index (κ1) is 30.0. The van der Waals surface area contributed by atoms with E-state index in [-0.39, 0.29) is 11.9 Å². The Morgan fingerprint density at radius 3 is 2.63 bits per heavy atom. The number of nitrogens with two attached hydrogens (primary N) is 1. The standard InChI is InChI=1S/C33H36ClN7O2/c1-5-31(43)39-12-13-40(21(3)18-39)33(37-4)24-14-27(34)23(32-20(2)6-9-28(36)25(32)16-35)15-30(24)41(19-42)29-10-11-38-17-26(29)22-7-8-22/h5-6,9-11,14-17,19,21-22,35H,1,7-8,12-13,18,36H2,2-4H3/b35-16?,37-33+. The van der Waals surface area contributed by atoms with Gasteiger partial charge in [-0.1, -0.05) is 24.2 Å². The average molecular weight is 598 g/mol. The van der Waals surface area contributed by atoms with Crippen molar-refractivity contribution in [2.24, 2.45) is 4.99 Å². The topological polar surface area (TPSA) is 119 Å². The summed E-state index contributed by atoms with van der Waals surface area (Å²) in [5.41, 5.74) is 12.6. The van der Waals surface area contributed by atoms with Gasteiger partial charge >= 0.3 is 0 Å². The second-order valence-corrected chi connectivity index (χ2v) is 11.4. The molecule has 9 nitrogen and oxygen atoms in total. The number of hydrogen-bond donors (Lipinski definition) is 2. The van der Waals surface area contributed by atoms with Gasteiger partial charge < -0.3 is 20.9 Å². The van der Waals surface area contributed by atoms with E-state index >= 15 is 0 Å². The van der Waals surface area contributed by atoms with Crippen LogP contribution < -0.4 is 10.6 Å². The Kier molecular flexibility index (Phi) is 8.64. The highest BCUT2D eigenvalue weighted by atomic mass is 35.5. The molecular weight excluding hydrogens is 562 g/mol. The van der Waals surface area contributed by atoms with Crippen molar-refractivity contribution in [3.05, 3.63) is 82.7 Å². The van der Waals surface area contributed by atoms with Crippen molar-refractivity contribution in [3.8, 4) is 11.1 Å². The number of anilines is 3. The zero-order chi connectivity index (χ0) is 30.8. The number of nitrogens with one attached hydrogen (secondary N) is 1. The van der Waals surface area contributed by atoms with Crippen LogP contribution in [0.1, 0.15) is 47.9 Å². The average Bonchev–Trinajstić information content (AvgIpc) is 3.86. The van der Waals surface area contributed by atoms with Crippen LogP contribution in [-0.2, 0) is 9.59 Å². The number of hydrogen-bond acceptors (Lipinski definition) is 6. The molecule has 222 valence electrons. The molecule has 2 aromatic carbocycles. The lowest BCUT2D eigenvalue weighted by atomic mass is 9.92. The summed E-state index contributed by atoms with van der Waals surface area (Å²) in [6.07, 6.45) is 9.00. The van der Waals surface area contributed by atoms with E-state index in [1.165, 1.54) is 12.3 Å². The van der Waals surface area contributed by atoms with Gasteiger partial charge in [0.25, 0.3) is 0 Å². The zero-order valence-electron chi connectivity index (χ0n) is 24.7. The van der Waals surface area contributed by atoms with E-state index in [2.05, 4.69) is 16.5 Å². The quantitative estimate of drug-likeness (QED) is 0.116. The van der Waals surface area contributed by atoms with Gasteiger partial charge in [-0.15, -0.1) is 0 Å². The molecule has 5 rings (SSSR count). The lowest BCUT2D eigenvalue weighted by Gasteiger charge is -2.42. The number of aromatic nitrogens is 1. The van der Waals surface area contributed by atoms with Crippen LogP contribution in [0.25, 0.3) is 11.1 Å². The first-order valence-corrected chi connectivity index (χ1v) is 14.7. The molecule has 1 saturated heterocycles. The number of aryl methyl sites for hydroxylation is 1. The molecule has 0 radical (unpaired) electrons. The van der Waals surface area contributed by atoms with Crippen molar-refractivity contribution in [3.63, 3.8) is 0 Å². The molecule has 1 aliphatic heterocycles. The van der Waals surface area contributed by atoms with Crippen LogP contribution in [0.15, 0.2) is 60.4 Å². The number of carbonyl (C=O) groups excluding carboxylic acids is 2. The van der Waals surface area contributed by atoms with Gasteiger partial charge in [0, 0.05) is 78.7 Å². The molecule has 0 bridgehead atoms. The number of nitrogens with zero attached hydrogens (tertiary/aromatic N) is 5. The third-order valence-corrected chi connectivity index (χ3v) is 8.61. The predicted octanol–water partition coefficient (Wildman–Crippen LogP) is 5.56. The van der Waals surface area contributed by atoms with E-state index in [1.54, 1.807) is 29.1 Å². The Hall–Kier alpha value is -4.50. The molecule has 1 aliphatic carbocycles. The van der Waals surface area contributed by atoms with Gasteiger partial charge in [0.2, 0.25) is 12.3 Å². The number of nitrogen functional groups attached to an aromatic ring is 1. The largest absolute Gasteiger partial charge is 0.398 e. The first-order chi connectivity index (χ1) is 20.7. The van der Waals surface area contributed by atoms with E-state index in [1.807, 2.05) is 44.3 Å². The van der Waals surface area contributed by atoms with Crippen LogP contribution in [0.4, 0.5) is 17.1 Å². The smallest absolute Gasteiger partial charge is 0.246 e. The van der Waals surface area contributed by atoms with Gasteiger partial charge in [-0.25, -0.2) is 0 Å². The third kappa shape index (κ3) is 5.64. The van der Waals surface area contributed by atoms with Crippen LogP contribution >= 0.6 is 11.6 Å². The lowest BCUT2D eigenvalue weighted by molar-refractivity contribution is -0.128. The van der Waals surface area contributed by atoms with Crippen molar-refractivity contribution >= 4 is 53.0 Å². The minimum absolute atomic E-state index is 0.0593. The fraction of sp³-hybridized carbons (Fsp3) is 0.303. The van der Waals surface area contributed by atoms with Crippen LogP contribution in [0.3, 0.4) is 0 Å². The fourth-order valence-electron chi connectivity index (χ4n) is 5.97. The molecule has 1 saturated carbocycles. The van der Waals surface area contributed by atoms with Gasteiger partial charge in [0.15, 0.2) is 0 Å². The van der Waals surface area contributed by atoms with Crippen molar-refractivity contribution < 1.29 is 9.59 Å². The van der Waals surface area contributed by atoms with Crippen LogP contribution in [-0.4, -0.2) is 71.9 Å². The molecule has 3 N–H and O–H groups in total. The number of amidine groups is 1. The molecule has 2 heterocycles. The Morgan fingerprint density at radius 1 is 1.23 bits per heavy atom. The molecule has 1 unspecified atom stereocenters. The Balaban J connectivity index is 1.72. The second kappa shape index (κ2) is 12.4. The summed E-state index contributed by atoms with van der Waals surface area (Å²) >= 11 is 7.06. The van der Waals surface area contributed by atoms with E-state index in [4.69, 9.17) is 27.7 Å². The maximum absolute atomic E-state index is 13.0. The summed E-state index contributed by atoms with van der Waals surface area (Å²) in [6, 6.07) is 9.21. The summed E-state index contributed by atoms with van der Waals surface area (Å²) in [6.45, 7) is 9.18. The molecule has 1 atom stereocenters. The first-order valence-electron chi connectivity index (χ1n) is 14.3. The van der Waals surface area contributed by atoms with Crippen LogP contribution in [0.5, 0.6) is 0 Å². The maximum Gasteiger partial charge on any atom is 0.246 e. The summed E-state index contributed by atoms with van der Waals surface area (Å²) in [7, 11) is 1.72. The lowest BCUT2D eigenvalue weighted by Crippen LogP contribution is -2.55. The summed E-state index contributed by atoms with van der Waals surface area (Å²) < 4.78 is 0. The number of pyridine rings is 1. The van der Waals surface area contributed by atoms with Crippen molar-refractivity contribution in [1.82, 2.24) is 14.8 Å². The van der Waals surface area contributed by atoms with Crippen LogP contribution in [0.2, 0.25) is 5.02 Å². The zero-order valence-corrected chi connectivity index (χ0v) is 25.4. The van der Waals surface area contributed by atoms with Crippen molar-refractivity contribution in [2.75, 3.05) is 37.3 Å². The van der Waals surface area contributed by atoms with Gasteiger partial charge in [0.05, 0.1) is 11.4 Å². The molecule has 2 fully saturated rings. The third-order valence-electron chi connectivity index (χ3n) is 8.29. The molecule has 1 aromatic heterocycles. The monoisotopic (exact) mass is 597 g/mol. The molecule has 10 heteroatoms. The number of benzene rings is 2. The molecule has 3 aromatic rings. The van der Waals surface area contributed by atoms with E-state index < -0.39 is 0 Å². The van der Waals surface area contributed by atoms with E-state index in [0.29, 0.717) is 64.5 Å². The molecule has 2 amide bonds. The molecular formula is C33H36ClN7O2. The van der Waals surface area contributed by atoms with E-state index in [0.717, 1.165) is 41.6 Å². The van der Waals surface area contributed by atoms with Crippen molar-refractivity contribution in [2.45, 2.75) is 38.6 Å². The van der Waals surface area contributed by atoms with E-state index in [9.17, 15) is 9.59 Å². The second-order valence-electron chi connectivity index (χ2n) is 11.0. The minimum Gasteiger partial charge on any atom is -0.398 e. The highest BCUT2D eigenvalue weighted by Crippen LogP contribution is 2.47. The Morgan fingerprint density at radius 2 is 2.00 bits per heavy atom. The van der Waals surface area contributed by atoms with Gasteiger partial charge in [0.1, 0.15) is 5.84 Å². The number of rotatable bonds is 8. The highest BCUT2D eigenvalue weighted by Gasteiger charge is 2.33. The molecule has 2 aliphatic rings.